The van der Waals surface area contributed by atoms with Gasteiger partial charge in [-0.25, -0.2) is 0 Å². The number of benzene rings is 1. The normalized spacial score (nSPS) is 14.1. The fraction of sp³-hybridized carbons (Fsp3) is 0.500. The number of rotatable bonds is 5. The highest BCUT2D eigenvalue weighted by molar-refractivity contribution is 6.30. The maximum atomic E-state index is 12.2. The van der Waals surface area contributed by atoms with E-state index in [9.17, 15) is 4.79 Å². The van der Waals surface area contributed by atoms with Gasteiger partial charge < -0.3 is 10.6 Å². The van der Waals surface area contributed by atoms with E-state index in [0.29, 0.717) is 18.0 Å². The van der Waals surface area contributed by atoms with Crippen LogP contribution in [0.5, 0.6) is 0 Å². The Kier molecular flexibility index (Phi) is 5.17. The highest BCUT2D eigenvalue weighted by Gasteiger charge is 2.29. The van der Waals surface area contributed by atoms with Gasteiger partial charge in [0.25, 0.3) is 0 Å². The average molecular weight is 269 g/mol. The van der Waals surface area contributed by atoms with Gasteiger partial charge in [-0.1, -0.05) is 37.1 Å². The molecule has 1 unspecified atom stereocenters. The molecule has 1 amide bonds. The van der Waals surface area contributed by atoms with Crippen molar-refractivity contribution in [3.8, 4) is 0 Å². The Bertz CT molecular complexity index is 418. The largest absolute Gasteiger partial charge is 0.340 e. The van der Waals surface area contributed by atoms with Crippen molar-refractivity contribution < 1.29 is 4.79 Å². The molecule has 0 aliphatic heterocycles. The number of amides is 1. The molecular formula is C14H21ClN2O. The van der Waals surface area contributed by atoms with Crippen molar-refractivity contribution in [1.29, 1.82) is 0 Å². The molecule has 0 fully saturated rings. The third kappa shape index (κ3) is 4.00. The molecule has 1 aromatic rings. The number of likely N-dealkylation sites (N-methyl/N-ethyl adjacent to an activating group) is 1. The van der Waals surface area contributed by atoms with E-state index in [-0.39, 0.29) is 5.91 Å². The van der Waals surface area contributed by atoms with Gasteiger partial charge in [0.1, 0.15) is 0 Å². The molecule has 1 aromatic carbocycles. The SMILES string of the molecule is CCCC(C)(N)C(=O)N(C)Cc1cccc(Cl)c1. The molecular weight excluding hydrogens is 248 g/mol. The summed E-state index contributed by atoms with van der Waals surface area (Å²) >= 11 is 5.92. The molecule has 0 radical (unpaired) electrons. The summed E-state index contributed by atoms with van der Waals surface area (Å²) in [6, 6.07) is 7.50. The van der Waals surface area contributed by atoms with Crippen molar-refractivity contribution in [1.82, 2.24) is 4.90 Å². The van der Waals surface area contributed by atoms with Crippen LogP contribution in [0.3, 0.4) is 0 Å². The molecule has 1 rings (SSSR count). The minimum absolute atomic E-state index is 0.0377. The van der Waals surface area contributed by atoms with Crippen LogP contribution < -0.4 is 5.73 Å². The lowest BCUT2D eigenvalue weighted by Gasteiger charge is -2.29. The number of nitrogens with zero attached hydrogens (tertiary/aromatic N) is 1. The third-order valence-electron chi connectivity index (χ3n) is 2.91. The van der Waals surface area contributed by atoms with Crippen LogP contribution in [0.25, 0.3) is 0 Å². The third-order valence-corrected chi connectivity index (χ3v) is 3.15. The minimum Gasteiger partial charge on any atom is -0.340 e. The number of carbonyl (C=O) groups is 1. The van der Waals surface area contributed by atoms with Gasteiger partial charge in [-0.15, -0.1) is 0 Å². The molecule has 0 heterocycles. The lowest BCUT2D eigenvalue weighted by molar-refractivity contribution is -0.135. The van der Waals surface area contributed by atoms with Gasteiger partial charge in [0, 0.05) is 18.6 Å². The summed E-state index contributed by atoms with van der Waals surface area (Å²) in [4.78, 5) is 13.9. The molecule has 0 aliphatic carbocycles. The highest BCUT2D eigenvalue weighted by atomic mass is 35.5. The van der Waals surface area contributed by atoms with Gasteiger partial charge in [0.05, 0.1) is 5.54 Å². The predicted octanol–water partition coefficient (Wildman–Crippen LogP) is 2.82. The molecule has 2 N–H and O–H groups in total. The van der Waals surface area contributed by atoms with Gasteiger partial charge in [0.2, 0.25) is 5.91 Å². The number of nitrogens with two attached hydrogens (primary N) is 1. The average Bonchev–Trinajstić information content (AvgIpc) is 2.27. The van der Waals surface area contributed by atoms with E-state index in [1.165, 1.54) is 0 Å². The first-order chi connectivity index (χ1) is 8.36. The first-order valence-corrected chi connectivity index (χ1v) is 6.53. The summed E-state index contributed by atoms with van der Waals surface area (Å²) in [6.07, 6.45) is 1.58. The van der Waals surface area contributed by atoms with Crippen LogP contribution in [0.1, 0.15) is 32.3 Å². The standard InChI is InChI=1S/C14H21ClN2O/c1-4-8-14(2,16)13(18)17(3)10-11-6-5-7-12(15)9-11/h5-7,9H,4,8,10,16H2,1-3H3. The first-order valence-electron chi connectivity index (χ1n) is 6.15. The Morgan fingerprint density at radius 2 is 2.17 bits per heavy atom. The summed E-state index contributed by atoms with van der Waals surface area (Å²) in [5, 5.41) is 0.678. The number of carbonyl (C=O) groups excluding carboxylic acids is 1. The van der Waals surface area contributed by atoms with Crippen LogP contribution in [-0.2, 0) is 11.3 Å². The summed E-state index contributed by atoms with van der Waals surface area (Å²) in [7, 11) is 1.77. The van der Waals surface area contributed by atoms with E-state index in [4.69, 9.17) is 17.3 Å². The zero-order valence-corrected chi connectivity index (χ0v) is 12.0. The molecule has 0 saturated heterocycles. The fourth-order valence-corrected chi connectivity index (χ4v) is 2.26. The molecule has 3 nitrogen and oxygen atoms in total. The molecule has 18 heavy (non-hydrogen) atoms. The summed E-state index contributed by atoms with van der Waals surface area (Å²) < 4.78 is 0. The number of halogens is 1. The van der Waals surface area contributed by atoms with Crippen molar-refractivity contribution >= 4 is 17.5 Å². The Hall–Kier alpha value is -1.06. The van der Waals surface area contributed by atoms with E-state index in [1.807, 2.05) is 31.2 Å². The molecule has 0 aromatic heterocycles. The van der Waals surface area contributed by atoms with Crippen molar-refractivity contribution in [3.63, 3.8) is 0 Å². The van der Waals surface area contributed by atoms with E-state index >= 15 is 0 Å². The van der Waals surface area contributed by atoms with E-state index in [1.54, 1.807) is 18.9 Å². The van der Waals surface area contributed by atoms with Crippen LogP contribution >= 0.6 is 11.6 Å². The van der Waals surface area contributed by atoms with Crippen LogP contribution in [0, 0.1) is 0 Å². The van der Waals surface area contributed by atoms with Crippen molar-refractivity contribution in [3.05, 3.63) is 34.9 Å². The van der Waals surface area contributed by atoms with Crippen molar-refractivity contribution in [2.75, 3.05) is 7.05 Å². The molecule has 0 bridgehead atoms. The monoisotopic (exact) mass is 268 g/mol. The minimum atomic E-state index is -0.790. The summed E-state index contributed by atoms with van der Waals surface area (Å²) in [5.74, 6) is -0.0377. The summed E-state index contributed by atoms with van der Waals surface area (Å²) in [5.41, 5.74) is 6.25. The first kappa shape index (κ1) is 15.0. The van der Waals surface area contributed by atoms with Crippen LogP contribution in [0.4, 0.5) is 0 Å². The zero-order chi connectivity index (χ0) is 13.8. The Balaban J connectivity index is 2.71. The maximum Gasteiger partial charge on any atom is 0.242 e. The van der Waals surface area contributed by atoms with Gasteiger partial charge in [-0.2, -0.15) is 0 Å². The lowest BCUT2D eigenvalue weighted by atomic mass is 9.96. The molecule has 0 spiro atoms. The van der Waals surface area contributed by atoms with Crippen LogP contribution in [0.2, 0.25) is 5.02 Å². The number of hydrogen-bond acceptors (Lipinski definition) is 2. The second kappa shape index (κ2) is 6.21. The number of hydrogen-bond donors (Lipinski definition) is 1. The van der Waals surface area contributed by atoms with Gasteiger partial charge in [0.15, 0.2) is 0 Å². The fourth-order valence-electron chi connectivity index (χ4n) is 2.04. The molecule has 1 atom stereocenters. The lowest BCUT2D eigenvalue weighted by Crippen LogP contribution is -2.51. The van der Waals surface area contributed by atoms with Crippen LogP contribution in [-0.4, -0.2) is 23.4 Å². The Morgan fingerprint density at radius 1 is 1.50 bits per heavy atom. The predicted molar refractivity (Wildman–Crippen MR) is 75.4 cm³/mol. The molecule has 0 aliphatic rings. The van der Waals surface area contributed by atoms with Gasteiger partial charge in [-0.3, -0.25) is 4.79 Å². The van der Waals surface area contributed by atoms with Crippen molar-refractivity contribution in [2.24, 2.45) is 5.73 Å². The summed E-state index contributed by atoms with van der Waals surface area (Å²) in [6.45, 7) is 4.33. The second-order valence-electron chi connectivity index (χ2n) is 4.96. The highest BCUT2D eigenvalue weighted by Crippen LogP contribution is 2.16. The van der Waals surface area contributed by atoms with Gasteiger partial charge in [-0.05, 0) is 31.0 Å². The Labute approximate surface area is 114 Å². The van der Waals surface area contributed by atoms with E-state index in [2.05, 4.69) is 0 Å². The maximum absolute atomic E-state index is 12.2. The quantitative estimate of drug-likeness (QED) is 0.893. The van der Waals surface area contributed by atoms with Crippen LogP contribution in [0.15, 0.2) is 24.3 Å². The Morgan fingerprint density at radius 3 is 2.72 bits per heavy atom. The topological polar surface area (TPSA) is 46.3 Å². The van der Waals surface area contributed by atoms with Gasteiger partial charge >= 0.3 is 0 Å². The molecule has 100 valence electrons. The second-order valence-corrected chi connectivity index (χ2v) is 5.40. The van der Waals surface area contributed by atoms with E-state index < -0.39 is 5.54 Å². The molecule has 4 heteroatoms. The zero-order valence-electron chi connectivity index (χ0n) is 11.2. The smallest absolute Gasteiger partial charge is 0.242 e. The van der Waals surface area contributed by atoms with E-state index in [0.717, 1.165) is 12.0 Å². The van der Waals surface area contributed by atoms with Crippen molar-refractivity contribution in [2.45, 2.75) is 38.8 Å². The molecule has 0 saturated carbocycles.